The van der Waals surface area contributed by atoms with Crippen molar-refractivity contribution in [2.45, 2.75) is 32.4 Å². The SMILES string of the molecule is C=C(NCc1cc2cc(C)ccc2[nH]1)N(CN)C1CCCN(C)C1. The third-order valence-corrected chi connectivity index (χ3v) is 4.90. The molecule has 1 aliphatic heterocycles. The predicted molar refractivity (Wildman–Crippen MR) is 100 cm³/mol. The summed E-state index contributed by atoms with van der Waals surface area (Å²) in [6, 6.07) is 9.11. The Hall–Kier alpha value is -1.98. The summed E-state index contributed by atoms with van der Waals surface area (Å²) in [4.78, 5) is 8.02. The minimum Gasteiger partial charge on any atom is -0.367 e. The first-order valence-electron chi connectivity index (χ1n) is 8.73. The van der Waals surface area contributed by atoms with Crippen LogP contribution in [0.4, 0.5) is 0 Å². The Morgan fingerprint density at radius 3 is 3.04 bits per heavy atom. The number of fused-ring (bicyclic) bond motifs is 1. The molecule has 0 bridgehead atoms. The number of nitrogens with zero attached hydrogens (tertiary/aromatic N) is 2. The summed E-state index contributed by atoms with van der Waals surface area (Å²) < 4.78 is 0. The highest BCUT2D eigenvalue weighted by atomic mass is 15.3. The largest absolute Gasteiger partial charge is 0.367 e. The summed E-state index contributed by atoms with van der Waals surface area (Å²) in [6.45, 7) is 9.77. The number of rotatable bonds is 6. The van der Waals surface area contributed by atoms with Crippen LogP contribution in [0, 0.1) is 6.92 Å². The van der Waals surface area contributed by atoms with E-state index in [1.165, 1.54) is 35.9 Å². The molecule has 5 heteroatoms. The van der Waals surface area contributed by atoms with Crippen LogP contribution in [-0.4, -0.2) is 47.6 Å². The van der Waals surface area contributed by atoms with Gasteiger partial charge in [-0.1, -0.05) is 18.2 Å². The zero-order chi connectivity index (χ0) is 17.1. The molecule has 0 saturated carbocycles. The standard InChI is InChI=1S/C19H29N5/c1-14-6-7-19-16(9-14)10-17(22-19)11-21-15(2)24(13-20)18-5-4-8-23(3)12-18/h6-7,9-10,18,21-22H,2,4-5,8,11-13,20H2,1,3H3. The lowest BCUT2D eigenvalue weighted by molar-refractivity contribution is 0.136. The monoisotopic (exact) mass is 327 g/mol. The Kier molecular flexibility index (Phi) is 5.11. The van der Waals surface area contributed by atoms with Crippen molar-refractivity contribution in [3.63, 3.8) is 0 Å². The van der Waals surface area contributed by atoms with Gasteiger partial charge in [-0.25, -0.2) is 0 Å². The molecule has 0 aliphatic carbocycles. The zero-order valence-electron chi connectivity index (χ0n) is 14.8. The number of nitrogens with two attached hydrogens (primary N) is 1. The minimum atomic E-state index is 0.444. The lowest BCUT2D eigenvalue weighted by Crippen LogP contribution is -2.50. The van der Waals surface area contributed by atoms with Gasteiger partial charge in [0.2, 0.25) is 0 Å². The maximum Gasteiger partial charge on any atom is 0.0955 e. The number of aromatic amines is 1. The molecule has 2 heterocycles. The average Bonchev–Trinajstić information content (AvgIpc) is 2.95. The Bertz CT molecular complexity index is 705. The van der Waals surface area contributed by atoms with Crippen LogP contribution < -0.4 is 11.1 Å². The van der Waals surface area contributed by atoms with Crippen molar-refractivity contribution in [1.29, 1.82) is 0 Å². The minimum absolute atomic E-state index is 0.444. The third-order valence-electron chi connectivity index (χ3n) is 4.90. The molecule has 1 unspecified atom stereocenters. The van der Waals surface area contributed by atoms with Gasteiger partial charge in [-0.2, -0.15) is 0 Å². The maximum atomic E-state index is 6.00. The lowest BCUT2D eigenvalue weighted by atomic mass is 10.1. The van der Waals surface area contributed by atoms with Crippen molar-refractivity contribution in [2.24, 2.45) is 5.73 Å². The summed E-state index contributed by atoms with van der Waals surface area (Å²) in [7, 11) is 2.17. The average molecular weight is 327 g/mol. The highest BCUT2D eigenvalue weighted by molar-refractivity contribution is 5.81. The second kappa shape index (κ2) is 7.28. The second-order valence-corrected chi connectivity index (χ2v) is 6.90. The van der Waals surface area contributed by atoms with Gasteiger partial charge in [-0.05, 0) is 56.9 Å². The van der Waals surface area contributed by atoms with Gasteiger partial charge in [-0.3, -0.25) is 0 Å². The molecule has 1 aromatic carbocycles. The highest BCUT2D eigenvalue weighted by Gasteiger charge is 2.23. The van der Waals surface area contributed by atoms with Crippen molar-refractivity contribution < 1.29 is 0 Å². The second-order valence-electron chi connectivity index (χ2n) is 6.90. The molecule has 0 radical (unpaired) electrons. The third kappa shape index (κ3) is 3.74. The van der Waals surface area contributed by atoms with Gasteiger partial charge < -0.3 is 25.8 Å². The first-order chi connectivity index (χ1) is 11.6. The van der Waals surface area contributed by atoms with Crippen molar-refractivity contribution in [2.75, 3.05) is 26.8 Å². The van der Waals surface area contributed by atoms with Crippen LogP contribution in [0.2, 0.25) is 0 Å². The lowest BCUT2D eigenvalue weighted by Gasteiger charge is -2.39. The summed E-state index contributed by atoms with van der Waals surface area (Å²) in [5.41, 5.74) is 9.61. The van der Waals surface area contributed by atoms with E-state index in [1.54, 1.807) is 0 Å². The van der Waals surface area contributed by atoms with Crippen molar-refractivity contribution in [3.05, 3.63) is 47.9 Å². The van der Waals surface area contributed by atoms with E-state index in [9.17, 15) is 0 Å². The van der Waals surface area contributed by atoms with Gasteiger partial charge in [-0.15, -0.1) is 0 Å². The van der Waals surface area contributed by atoms with Crippen molar-refractivity contribution in [3.8, 4) is 0 Å². The molecule has 3 rings (SSSR count). The zero-order valence-corrected chi connectivity index (χ0v) is 14.8. The van der Waals surface area contributed by atoms with Crippen molar-refractivity contribution >= 4 is 10.9 Å². The Morgan fingerprint density at radius 1 is 1.46 bits per heavy atom. The molecule has 130 valence electrons. The molecule has 1 atom stereocenters. The number of aromatic nitrogens is 1. The van der Waals surface area contributed by atoms with Crippen LogP contribution in [0.3, 0.4) is 0 Å². The molecule has 5 nitrogen and oxygen atoms in total. The van der Waals surface area contributed by atoms with Crippen LogP contribution in [-0.2, 0) is 6.54 Å². The Labute approximate surface area is 144 Å². The smallest absolute Gasteiger partial charge is 0.0955 e. The molecule has 24 heavy (non-hydrogen) atoms. The number of nitrogens with one attached hydrogen (secondary N) is 2. The van der Waals surface area contributed by atoms with Gasteiger partial charge in [0.15, 0.2) is 0 Å². The number of likely N-dealkylation sites (tertiary alicyclic amines) is 1. The van der Waals surface area contributed by atoms with Crippen LogP contribution in [0.5, 0.6) is 0 Å². The van der Waals surface area contributed by atoms with E-state index in [0.717, 1.165) is 24.6 Å². The quantitative estimate of drug-likeness (QED) is 0.713. The fraction of sp³-hybridized carbons (Fsp3) is 0.474. The van der Waals surface area contributed by atoms with Gasteiger partial charge >= 0.3 is 0 Å². The van der Waals surface area contributed by atoms with Crippen LogP contribution in [0.25, 0.3) is 10.9 Å². The number of hydrogen-bond acceptors (Lipinski definition) is 4. The van der Waals surface area contributed by atoms with Gasteiger partial charge in [0.05, 0.1) is 19.0 Å². The number of hydrogen-bond donors (Lipinski definition) is 3. The van der Waals surface area contributed by atoms with E-state index >= 15 is 0 Å². The number of piperidine rings is 1. The summed E-state index contributed by atoms with van der Waals surface area (Å²) >= 11 is 0. The molecule has 1 saturated heterocycles. The predicted octanol–water partition coefficient (Wildman–Crippen LogP) is 2.35. The summed E-state index contributed by atoms with van der Waals surface area (Å²) in [5, 5.41) is 4.69. The fourth-order valence-corrected chi connectivity index (χ4v) is 3.58. The number of likely N-dealkylation sites (N-methyl/N-ethyl adjacent to an activating group) is 1. The molecule has 0 spiro atoms. The van der Waals surface area contributed by atoms with Crippen molar-refractivity contribution in [1.82, 2.24) is 20.1 Å². The molecule has 1 aliphatic rings. The molecule has 0 amide bonds. The molecular formula is C19H29N5. The maximum absolute atomic E-state index is 6.00. The van der Waals surface area contributed by atoms with Crippen LogP contribution >= 0.6 is 0 Å². The van der Waals surface area contributed by atoms with E-state index in [-0.39, 0.29) is 0 Å². The summed E-state index contributed by atoms with van der Waals surface area (Å²) in [5.74, 6) is 0.910. The number of aryl methyl sites for hydroxylation is 1. The van der Waals surface area contributed by atoms with E-state index in [1.807, 2.05) is 0 Å². The Morgan fingerprint density at radius 2 is 2.29 bits per heavy atom. The fourth-order valence-electron chi connectivity index (χ4n) is 3.58. The first-order valence-corrected chi connectivity index (χ1v) is 8.73. The molecule has 1 aromatic heterocycles. The van der Waals surface area contributed by atoms with Gasteiger partial charge in [0, 0.05) is 23.8 Å². The van der Waals surface area contributed by atoms with Gasteiger partial charge in [0.25, 0.3) is 0 Å². The molecule has 4 N–H and O–H groups in total. The molecule has 1 fully saturated rings. The first kappa shape index (κ1) is 16.9. The van der Waals surface area contributed by atoms with E-state index in [0.29, 0.717) is 12.7 Å². The van der Waals surface area contributed by atoms with E-state index in [2.05, 4.69) is 64.9 Å². The van der Waals surface area contributed by atoms with Crippen LogP contribution in [0.1, 0.15) is 24.1 Å². The van der Waals surface area contributed by atoms with Crippen LogP contribution in [0.15, 0.2) is 36.7 Å². The topological polar surface area (TPSA) is 60.3 Å². The Balaban J connectivity index is 1.62. The molecule has 2 aromatic rings. The number of H-pyrrole nitrogens is 1. The van der Waals surface area contributed by atoms with Gasteiger partial charge in [0.1, 0.15) is 0 Å². The van der Waals surface area contributed by atoms with E-state index in [4.69, 9.17) is 5.73 Å². The number of benzene rings is 1. The highest BCUT2D eigenvalue weighted by Crippen LogP contribution is 2.19. The van der Waals surface area contributed by atoms with E-state index < -0.39 is 0 Å². The summed E-state index contributed by atoms with van der Waals surface area (Å²) in [6.07, 6.45) is 2.39. The normalized spacial score (nSPS) is 18.7. The molecular weight excluding hydrogens is 298 g/mol.